The number of fused-ring (bicyclic) bond motifs is 1. The molecule has 9 nitrogen and oxygen atoms in total. The number of carbonyl (C=O) groups excluding carboxylic acids is 1. The van der Waals surface area contributed by atoms with Crippen LogP contribution in [-0.2, 0) is 4.79 Å². The molecule has 29 heavy (non-hydrogen) atoms. The van der Waals surface area contributed by atoms with Crippen molar-refractivity contribution in [2.75, 3.05) is 12.3 Å². The summed E-state index contributed by atoms with van der Waals surface area (Å²) in [7, 11) is 0. The average Bonchev–Trinajstić information content (AvgIpc) is 2.62. The van der Waals surface area contributed by atoms with Crippen molar-refractivity contribution in [3.8, 4) is 5.75 Å². The monoisotopic (exact) mass is 409 g/mol. The average molecular weight is 409 g/mol. The van der Waals surface area contributed by atoms with Crippen molar-refractivity contribution in [2.45, 2.75) is 76.7 Å². The number of anilines is 1. The zero-order valence-electron chi connectivity index (χ0n) is 17.2. The van der Waals surface area contributed by atoms with Crippen LogP contribution in [-0.4, -0.2) is 45.3 Å². The number of unbranched alkanes of at least 4 members (excludes halogenated alkanes) is 1. The third-order valence-corrected chi connectivity index (χ3v) is 5.25. The van der Waals surface area contributed by atoms with Crippen molar-refractivity contribution in [3.05, 3.63) is 27.8 Å². The molecule has 1 aromatic rings. The normalized spacial score (nSPS) is 21.1. The van der Waals surface area contributed by atoms with Gasteiger partial charge in [0.2, 0.25) is 0 Å². The predicted molar refractivity (Wildman–Crippen MR) is 109 cm³/mol. The molecule has 0 spiro atoms. The van der Waals surface area contributed by atoms with Gasteiger partial charge in [-0.1, -0.05) is 0 Å². The van der Waals surface area contributed by atoms with Gasteiger partial charge in [0.1, 0.15) is 28.9 Å². The maximum Gasteiger partial charge on any atom is 0.295 e. The molecule has 0 radical (unpaired) electrons. The first-order valence-corrected chi connectivity index (χ1v) is 9.88. The van der Waals surface area contributed by atoms with Gasteiger partial charge in [0.15, 0.2) is 0 Å². The van der Waals surface area contributed by atoms with Crippen molar-refractivity contribution >= 4 is 17.2 Å². The van der Waals surface area contributed by atoms with E-state index in [1.54, 1.807) is 13.8 Å². The highest BCUT2D eigenvalue weighted by atomic mass is 16.6. The van der Waals surface area contributed by atoms with Crippen LogP contribution in [0.5, 0.6) is 5.75 Å². The van der Waals surface area contributed by atoms with Crippen molar-refractivity contribution in [1.29, 1.82) is 0 Å². The van der Waals surface area contributed by atoms with Crippen LogP contribution in [0.25, 0.3) is 0 Å². The van der Waals surface area contributed by atoms with Gasteiger partial charge in [0, 0.05) is 12.0 Å². The number of nitrogen functional groups attached to an aromatic ring is 1. The molecule has 162 valence electrons. The molecule has 3 atom stereocenters. The highest BCUT2D eigenvalue weighted by Gasteiger charge is 2.43. The molecule has 3 unspecified atom stereocenters. The largest absolute Gasteiger partial charge is 0.484 e. The van der Waals surface area contributed by atoms with E-state index < -0.39 is 28.8 Å². The quantitative estimate of drug-likeness (QED) is 0.199. The van der Waals surface area contributed by atoms with Crippen LogP contribution >= 0.6 is 0 Å². The number of aliphatic hydroxyl groups excluding tert-OH is 2. The first-order valence-electron chi connectivity index (χ1n) is 9.88. The Labute approximate surface area is 170 Å². The van der Waals surface area contributed by atoms with E-state index in [1.165, 1.54) is 19.1 Å². The van der Waals surface area contributed by atoms with Crippen LogP contribution in [0, 0.1) is 10.1 Å². The molecule has 0 fully saturated rings. The van der Waals surface area contributed by atoms with Crippen molar-refractivity contribution in [2.24, 2.45) is 0 Å². The summed E-state index contributed by atoms with van der Waals surface area (Å²) in [5.74, 6) is 0.401. The van der Waals surface area contributed by atoms with Gasteiger partial charge in [-0.15, -0.1) is 0 Å². The number of ketones is 1. The summed E-state index contributed by atoms with van der Waals surface area (Å²) in [6.45, 7) is 5.54. The molecular weight excluding hydrogens is 378 g/mol. The second kappa shape index (κ2) is 9.51. The summed E-state index contributed by atoms with van der Waals surface area (Å²) in [6.07, 6.45) is 1.62. The van der Waals surface area contributed by atoms with Gasteiger partial charge in [0.05, 0.1) is 23.1 Å². The summed E-state index contributed by atoms with van der Waals surface area (Å²) in [5.41, 5.74) is 5.26. The van der Waals surface area contributed by atoms with Crippen LogP contribution in [0.2, 0.25) is 0 Å². The Morgan fingerprint density at radius 3 is 2.69 bits per heavy atom. The molecule has 9 heteroatoms. The van der Waals surface area contributed by atoms with E-state index in [0.717, 1.165) is 12.8 Å². The van der Waals surface area contributed by atoms with Gasteiger partial charge in [-0.05, 0) is 59.1 Å². The summed E-state index contributed by atoms with van der Waals surface area (Å²) in [6, 6.07) is 2.30. The van der Waals surface area contributed by atoms with Gasteiger partial charge < -0.3 is 30.8 Å². The van der Waals surface area contributed by atoms with E-state index >= 15 is 0 Å². The number of carbonyl (C=O) groups is 1. The van der Waals surface area contributed by atoms with Crippen molar-refractivity contribution in [1.82, 2.24) is 5.32 Å². The Kier molecular flexibility index (Phi) is 7.56. The number of benzene rings is 1. The minimum atomic E-state index is -0.933. The molecule has 5 N–H and O–H groups in total. The summed E-state index contributed by atoms with van der Waals surface area (Å²) in [5, 5.41) is 35.1. The second-order valence-electron chi connectivity index (χ2n) is 8.18. The van der Waals surface area contributed by atoms with Crippen LogP contribution < -0.4 is 15.8 Å². The maximum absolute atomic E-state index is 11.2. The minimum Gasteiger partial charge on any atom is -0.484 e. The summed E-state index contributed by atoms with van der Waals surface area (Å²) < 4.78 is 5.80. The number of nitrogens with zero attached hydrogens (tertiary/aromatic N) is 1. The van der Waals surface area contributed by atoms with Gasteiger partial charge in [0.25, 0.3) is 5.69 Å². The molecule has 1 aromatic carbocycles. The summed E-state index contributed by atoms with van der Waals surface area (Å²) in [4.78, 5) is 21.6. The molecule has 0 amide bonds. The Morgan fingerprint density at radius 1 is 1.38 bits per heavy atom. The van der Waals surface area contributed by atoms with E-state index in [2.05, 4.69) is 5.32 Å². The van der Waals surface area contributed by atoms with E-state index in [-0.39, 0.29) is 17.2 Å². The number of aliphatic hydroxyl groups is 2. The molecule has 0 bridgehead atoms. The number of nitro benzene ring substituents is 1. The van der Waals surface area contributed by atoms with Crippen LogP contribution in [0.4, 0.5) is 11.4 Å². The van der Waals surface area contributed by atoms with E-state index in [1.807, 2.05) is 0 Å². The minimum absolute atomic E-state index is 0.0182. The number of hydrogen-bond acceptors (Lipinski definition) is 8. The smallest absolute Gasteiger partial charge is 0.295 e. The molecule has 0 aliphatic carbocycles. The zero-order valence-corrected chi connectivity index (χ0v) is 17.2. The lowest BCUT2D eigenvalue weighted by atomic mass is 9.86. The van der Waals surface area contributed by atoms with Crippen LogP contribution in [0.1, 0.15) is 64.5 Å². The fraction of sp³-hybridized carbons (Fsp3) is 0.650. The summed E-state index contributed by atoms with van der Waals surface area (Å²) >= 11 is 0. The number of nitrogens with two attached hydrogens (primary N) is 1. The number of rotatable bonds is 10. The van der Waals surface area contributed by atoms with Crippen molar-refractivity contribution in [3.63, 3.8) is 0 Å². The van der Waals surface area contributed by atoms with Gasteiger partial charge in [-0.2, -0.15) is 0 Å². The Bertz CT molecular complexity index is 752. The van der Waals surface area contributed by atoms with Crippen LogP contribution in [0.15, 0.2) is 12.1 Å². The fourth-order valence-corrected chi connectivity index (χ4v) is 3.51. The second-order valence-corrected chi connectivity index (χ2v) is 8.18. The van der Waals surface area contributed by atoms with Gasteiger partial charge in [-0.3, -0.25) is 10.1 Å². The molecule has 1 heterocycles. The van der Waals surface area contributed by atoms with Gasteiger partial charge in [-0.25, -0.2) is 0 Å². The fourth-order valence-electron chi connectivity index (χ4n) is 3.51. The van der Waals surface area contributed by atoms with Crippen LogP contribution in [0.3, 0.4) is 0 Å². The number of ether oxygens (including phenoxy) is 1. The lowest BCUT2D eigenvalue weighted by molar-refractivity contribution is -0.384. The highest BCUT2D eigenvalue weighted by molar-refractivity contribution is 5.75. The Morgan fingerprint density at radius 2 is 2.07 bits per heavy atom. The third kappa shape index (κ3) is 5.88. The predicted octanol–water partition coefficient (Wildman–Crippen LogP) is 2.24. The molecule has 0 saturated heterocycles. The molecular formula is C20H31N3O6. The van der Waals surface area contributed by atoms with Crippen molar-refractivity contribution < 1.29 is 24.7 Å². The lowest BCUT2D eigenvalue weighted by Gasteiger charge is -2.42. The van der Waals surface area contributed by atoms with E-state index in [4.69, 9.17) is 10.5 Å². The lowest BCUT2D eigenvalue weighted by Crippen LogP contribution is -2.52. The zero-order chi connectivity index (χ0) is 21.8. The SMILES string of the molecule is CC(=O)CCC(O)CCCCNC1c2cc(N)c([N+](=O)[O-])cc2OC(C)(C)C1O. The van der Waals surface area contributed by atoms with E-state index in [0.29, 0.717) is 37.1 Å². The topological polar surface area (TPSA) is 148 Å². The molecule has 2 rings (SSSR count). The first-order chi connectivity index (χ1) is 13.5. The molecule has 1 aliphatic heterocycles. The number of Topliss-reactive ketones (excluding diaryl/α,β-unsaturated/α-hetero) is 1. The molecule has 1 aliphatic rings. The molecule has 0 aromatic heterocycles. The molecule has 0 saturated carbocycles. The first kappa shape index (κ1) is 23.1. The standard InChI is InChI=1S/C20H31N3O6/c1-12(24)7-8-13(25)6-4-5-9-22-18-14-10-15(21)16(23(27)28)11-17(14)29-20(2,3)19(18)26/h10-11,13,18-19,22,25-26H,4-9,21H2,1-3H3. The maximum atomic E-state index is 11.2. The van der Waals surface area contributed by atoms with Gasteiger partial charge >= 0.3 is 0 Å². The third-order valence-electron chi connectivity index (χ3n) is 5.25. The Balaban J connectivity index is 2.00. The van der Waals surface area contributed by atoms with E-state index in [9.17, 15) is 25.1 Å². The number of nitro groups is 1. The number of hydrogen-bond donors (Lipinski definition) is 4. The Hall–Kier alpha value is -2.23. The highest BCUT2D eigenvalue weighted by Crippen LogP contribution is 2.43. The number of nitrogens with one attached hydrogen (secondary N) is 1.